The summed E-state index contributed by atoms with van der Waals surface area (Å²) in [5.74, 6) is 2.60. The Morgan fingerprint density at radius 1 is 0.823 bits per heavy atom. The molecule has 2 unspecified atom stereocenters. The van der Waals surface area contributed by atoms with Crippen molar-refractivity contribution in [3.63, 3.8) is 0 Å². The van der Waals surface area contributed by atoms with Crippen molar-refractivity contribution in [1.29, 1.82) is 0 Å². The lowest BCUT2D eigenvalue weighted by Crippen LogP contribution is -2.44. The van der Waals surface area contributed by atoms with E-state index in [1.165, 1.54) is 128 Å². The van der Waals surface area contributed by atoms with Crippen molar-refractivity contribution in [2.45, 2.75) is 240 Å². The summed E-state index contributed by atoms with van der Waals surface area (Å²) < 4.78 is 2.84. The first-order chi connectivity index (χ1) is 36.8. The zero-order valence-corrected chi connectivity index (χ0v) is 55.6. The number of hydrogen-bond acceptors (Lipinski definition) is 3. The number of nitrogens with one attached hydrogen (secondary N) is 1. The van der Waals surface area contributed by atoms with E-state index in [1.807, 2.05) is 17.4 Å². The molecule has 1 aromatic carbocycles. The Labute approximate surface area is 492 Å². The maximum Gasteiger partial charge on any atom is 0.256 e. The lowest BCUT2D eigenvalue weighted by molar-refractivity contribution is 0.295. The van der Waals surface area contributed by atoms with E-state index < -0.39 is 0 Å². The third kappa shape index (κ3) is 16.4. The standard InChI is InChI=1S/C75H115BN2S/c1-25-29-34-53(9)56(12)67(48-62(42-52(7)8)73(19,20)28-4)78-57(13)65(47-61(41-51(5)6)72(17,18)27-3)76(70-46-59-45-63-64(49-69(59)79-70)75(23,24)39-38-74(63,21)22)66(50-77-40-33-37-60(26-2)71(14,15)16)68(78)44-55(11)54(10)43-58-35-31-30-32-36-58/h25-26,29,33-34,40,44-49,51-52,54,58,60,77H,1-2,9,27-28,30-32,35-39,41-43,50H2,3-8,10-24H3/b34-29-,40-33+,55-44+,61-47+,62-48+,67-56-. The number of rotatable bonds is 25. The minimum atomic E-state index is -0.0165. The minimum absolute atomic E-state index is 0.00207. The van der Waals surface area contributed by atoms with Crippen LogP contribution in [0.4, 0.5) is 0 Å². The molecule has 1 aromatic heterocycles. The summed E-state index contributed by atoms with van der Waals surface area (Å²) in [5, 5.41) is 5.43. The summed E-state index contributed by atoms with van der Waals surface area (Å²) in [7, 11) is 0. The SMILES string of the molecule is C=C/C=C\C(=C)/C(C)=C(/C=C(\CC(C)C)C(C)(C)CC)N1C(C)=C(/C=C(\CC(C)C)C(C)(C)CC)B(c2cc3cc4c(cc3s2)C(C)(C)CCC4(C)C)C(CN/C=C/CC(C=C)C(C)(C)C)=C1/C=C(\C)C(C)CC1CCCCC1. The second-order valence-corrected chi connectivity index (χ2v) is 30.6. The van der Waals surface area contributed by atoms with Gasteiger partial charge >= 0.3 is 0 Å². The predicted molar refractivity (Wildman–Crippen MR) is 357 cm³/mol. The van der Waals surface area contributed by atoms with Crippen molar-refractivity contribution >= 4 is 32.9 Å². The molecule has 1 aliphatic heterocycles. The van der Waals surface area contributed by atoms with Crippen LogP contribution in [0.2, 0.25) is 0 Å². The van der Waals surface area contributed by atoms with Crippen LogP contribution < -0.4 is 10.1 Å². The number of nitrogens with zero attached hydrogens (tertiary/aromatic N) is 1. The van der Waals surface area contributed by atoms with Gasteiger partial charge in [0.15, 0.2) is 0 Å². The Morgan fingerprint density at radius 3 is 1.96 bits per heavy atom. The van der Waals surface area contributed by atoms with Crippen molar-refractivity contribution in [3.8, 4) is 0 Å². The van der Waals surface area contributed by atoms with Gasteiger partial charge in [0.25, 0.3) is 6.71 Å². The molecule has 5 rings (SSSR count). The van der Waals surface area contributed by atoms with Gasteiger partial charge in [-0.05, 0) is 209 Å². The first-order valence-electron chi connectivity index (χ1n) is 31.5. The summed E-state index contributed by atoms with van der Waals surface area (Å²) in [6.07, 6.45) is 36.5. The van der Waals surface area contributed by atoms with Gasteiger partial charge in [-0.25, -0.2) is 0 Å². The average molecular weight is 1090 g/mol. The number of benzene rings is 1. The molecule has 3 aliphatic rings. The molecule has 1 saturated carbocycles. The lowest BCUT2D eigenvalue weighted by atomic mass is 9.36. The Morgan fingerprint density at radius 2 is 1.41 bits per heavy atom. The molecule has 79 heavy (non-hydrogen) atoms. The van der Waals surface area contributed by atoms with Crippen LogP contribution in [-0.2, 0) is 10.8 Å². The molecule has 1 N–H and O–H groups in total. The average Bonchev–Trinajstić information content (AvgIpc) is 3.88. The van der Waals surface area contributed by atoms with Crippen molar-refractivity contribution in [2.24, 2.45) is 45.8 Å². The second kappa shape index (κ2) is 27.4. The molecule has 2 aliphatic carbocycles. The van der Waals surface area contributed by atoms with Gasteiger partial charge in [-0.15, -0.1) is 17.9 Å². The highest BCUT2D eigenvalue weighted by atomic mass is 32.1. The van der Waals surface area contributed by atoms with Crippen molar-refractivity contribution < 1.29 is 0 Å². The Bertz CT molecular complexity index is 2670. The zero-order valence-electron chi connectivity index (χ0n) is 54.8. The highest BCUT2D eigenvalue weighted by Crippen LogP contribution is 2.49. The van der Waals surface area contributed by atoms with Crippen LogP contribution in [-0.4, -0.2) is 18.2 Å². The second-order valence-electron chi connectivity index (χ2n) is 29.5. The van der Waals surface area contributed by atoms with Gasteiger partial charge in [-0.1, -0.05) is 223 Å². The summed E-state index contributed by atoms with van der Waals surface area (Å²) in [6, 6.07) is 7.84. The topological polar surface area (TPSA) is 15.3 Å². The van der Waals surface area contributed by atoms with Crippen LogP contribution in [0.25, 0.3) is 10.1 Å². The van der Waals surface area contributed by atoms with Crippen molar-refractivity contribution in [3.05, 3.63) is 160 Å². The highest BCUT2D eigenvalue weighted by Gasteiger charge is 2.42. The Balaban J connectivity index is 2.07. The molecule has 1 fully saturated rings. The molecule has 2 aromatic rings. The Hall–Kier alpha value is -4.02. The highest BCUT2D eigenvalue weighted by molar-refractivity contribution is 7.30. The number of fused-ring (bicyclic) bond motifs is 2. The van der Waals surface area contributed by atoms with E-state index >= 15 is 0 Å². The van der Waals surface area contributed by atoms with Gasteiger partial charge in [-0.2, -0.15) is 0 Å². The van der Waals surface area contributed by atoms with Crippen LogP contribution in [0, 0.1) is 45.8 Å². The molecular formula is C75H115BN2S. The maximum atomic E-state index is 4.84. The molecule has 2 heterocycles. The molecule has 0 bridgehead atoms. The zero-order chi connectivity index (χ0) is 59.0. The van der Waals surface area contributed by atoms with E-state index in [4.69, 9.17) is 6.58 Å². The maximum absolute atomic E-state index is 4.84. The van der Waals surface area contributed by atoms with Crippen molar-refractivity contribution in [1.82, 2.24) is 10.2 Å². The molecule has 0 spiro atoms. The normalized spacial score (nSPS) is 19.6. The van der Waals surface area contributed by atoms with Crippen LogP contribution in [0.5, 0.6) is 0 Å². The van der Waals surface area contributed by atoms with E-state index in [-0.39, 0.29) is 33.8 Å². The van der Waals surface area contributed by atoms with E-state index in [9.17, 15) is 0 Å². The molecule has 0 saturated heterocycles. The van der Waals surface area contributed by atoms with Gasteiger partial charge in [0, 0.05) is 28.3 Å². The fraction of sp³-hybridized carbons (Fsp3) is 0.600. The quantitative estimate of drug-likeness (QED) is 0.0606. The smallest absolute Gasteiger partial charge is 0.256 e. The number of thiophene rings is 1. The molecule has 4 heteroatoms. The summed E-state index contributed by atoms with van der Waals surface area (Å²) in [6.45, 7) is 64.8. The van der Waals surface area contributed by atoms with E-state index in [0.717, 1.165) is 43.6 Å². The van der Waals surface area contributed by atoms with Crippen LogP contribution in [0.1, 0.15) is 240 Å². The summed E-state index contributed by atoms with van der Waals surface area (Å²) in [5.41, 5.74) is 16.8. The minimum Gasteiger partial charge on any atom is -0.388 e. The number of allylic oxidation sites excluding steroid dienone is 15. The molecule has 2 atom stereocenters. The molecule has 0 radical (unpaired) electrons. The largest absolute Gasteiger partial charge is 0.388 e. The van der Waals surface area contributed by atoms with E-state index in [2.05, 4.69) is 236 Å². The van der Waals surface area contributed by atoms with E-state index in [0.29, 0.717) is 30.2 Å². The number of hydrogen-bond donors (Lipinski definition) is 1. The third-order valence-electron chi connectivity index (χ3n) is 19.6. The summed E-state index contributed by atoms with van der Waals surface area (Å²) in [4.78, 5) is 2.74. The van der Waals surface area contributed by atoms with Gasteiger partial charge in [-0.3, -0.25) is 0 Å². The van der Waals surface area contributed by atoms with Crippen molar-refractivity contribution in [2.75, 3.05) is 6.54 Å². The van der Waals surface area contributed by atoms with Gasteiger partial charge in [0.1, 0.15) is 0 Å². The predicted octanol–water partition coefficient (Wildman–Crippen LogP) is 22.2. The van der Waals surface area contributed by atoms with Gasteiger partial charge in [0.05, 0.1) is 0 Å². The first kappa shape index (κ1) is 65.8. The summed E-state index contributed by atoms with van der Waals surface area (Å²) >= 11 is 2.05. The molecule has 434 valence electrons. The molecular weight excluding hydrogens is 972 g/mol. The third-order valence-corrected chi connectivity index (χ3v) is 20.8. The lowest BCUT2D eigenvalue weighted by Gasteiger charge is -2.41. The van der Waals surface area contributed by atoms with Crippen LogP contribution >= 0.6 is 11.3 Å². The van der Waals surface area contributed by atoms with Crippen LogP contribution in [0.3, 0.4) is 0 Å². The molecule has 0 amide bonds. The monoisotopic (exact) mass is 1090 g/mol. The molecule has 2 nitrogen and oxygen atoms in total. The fourth-order valence-corrected chi connectivity index (χ4v) is 14.0. The first-order valence-corrected chi connectivity index (χ1v) is 32.3. The Kier molecular flexibility index (Phi) is 22.8. The van der Waals surface area contributed by atoms with E-state index in [1.54, 1.807) is 0 Å². The van der Waals surface area contributed by atoms with Gasteiger partial charge < -0.3 is 10.2 Å². The van der Waals surface area contributed by atoms with Crippen LogP contribution in [0.15, 0.2) is 149 Å². The fourth-order valence-electron chi connectivity index (χ4n) is 12.7. The van der Waals surface area contributed by atoms with Gasteiger partial charge in [0.2, 0.25) is 0 Å².